The number of likely N-dealkylation sites (tertiary alicyclic amines) is 1. The third-order valence-electron chi connectivity index (χ3n) is 7.19. The van der Waals surface area contributed by atoms with Crippen molar-refractivity contribution in [3.63, 3.8) is 0 Å². The van der Waals surface area contributed by atoms with Gasteiger partial charge in [0.05, 0.1) is 16.9 Å². The van der Waals surface area contributed by atoms with Crippen molar-refractivity contribution in [3.05, 3.63) is 90.2 Å². The van der Waals surface area contributed by atoms with Crippen LogP contribution >= 0.6 is 0 Å². The first-order chi connectivity index (χ1) is 19.5. The summed E-state index contributed by atoms with van der Waals surface area (Å²) in [5.74, 6) is 0.713. The molecule has 1 saturated heterocycles. The van der Waals surface area contributed by atoms with Crippen LogP contribution < -0.4 is 5.32 Å². The van der Waals surface area contributed by atoms with E-state index >= 15 is 0 Å². The lowest BCUT2D eigenvalue weighted by Crippen LogP contribution is -2.28. The molecular weight excluding hydrogens is 494 g/mol. The molecular formula is C33H43N7. The Kier molecular flexibility index (Phi) is 9.95. The van der Waals surface area contributed by atoms with E-state index in [0.29, 0.717) is 11.5 Å². The first kappa shape index (κ1) is 28.9. The molecule has 0 aliphatic carbocycles. The van der Waals surface area contributed by atoms with Crippen molar-refractivity contribution in [2.45, 2.75) is 66.2 Å². The summed E-state index contributed by atoms with van der Waals surface area (Å²) in [4.78, 5) is 16.0. The monoisotopic (exact) mass is 537 g/mol. The van der Waals surface area contributed by atoms with Gasteiger partial charge in [-0.15, -0.1) is 0 Å². The van der Waals surface area contributed by atoms with Gasteiger partial charge in [0, 0.05) is 30.2 Å². The number of fused-ring (bicyclic) bond motifs is 1. The Labute approximate surface area is 238 Å². The molecule has 0 aromatic carbocycles. The molecule has 3 aromatic heterocycles. The van der Waals surface area contributed by atoms with E-state index in [0.717, 1.165) is 83.1 Å². The Morgan fingerprint density at radius 3 is 2.65 bits per heavy atom. The normalized spacial score (nSPS) is 15.3. The van der Waals surface area contributed by atoms with Gasteiger partial charge < -0.3 is 15.2 Å². The molecule has 210 valence electrons. The number of hydrogen-bond donors (Lipinski definition) is 3. The number of nitrogens with one attached hydrogen (secondary N) is 3. The molecule has 7 nitrogen and oxygen atoms in total. The number of nitrogens with zero attached hydrogens (tertiary/aromatic N) is 4. The standard InChI is InChI=1S/C33H43N7/c1-7-11-16-23(5)34-26(10-4)22-25(9-3)27-18-19-28-31(36-27)32(39-38-28)33-35-24(6)30(37-33)29(17-12-8-2)40-20-14-13-15-21-40/h8-10,12,17-19,22,34H,4-5,7,11,13-16,20-21H2,1-3,6H3,(H,35,37)(H,38,39)/b12-8-,25-9+,26-22+,29-17+. The van der Waals surface area contributed by atoms with Crippen LogP contribution in [0.3, 0.4) is 0 Å². The molecule has 0 bridgehead atoms. The van der Waals surface area contributed by atoms with Crippen LogP contribution in [-0.4, -0.2) is 43.1 Å². The number of H-pyrrole nitrogens is 2. The van der Waals surface area contributed by atoms with Crippen LogP contribution in [0.5, 0.6) is 0 Å². The van der Waals surface area contributed by atoms with Crippen LogP contribution in [0.25, 0.3) is 33.8 Å². The van der Waals surface area contributed by atoms with E-state index in [4.69, 9.17) is 9.97 Å². The molecule has 0 spiro atoms. The molecule has 4 heterocycles. The second-order valence-corrected chi connectivity index (χ2v) is 10.2. The maximum absolute atomic E-state index is 5.06. The average molecular weight is 538 g/mol. The van der Waals surface area contributed by atoms with Gasteiger partial charge in [-0.1, -0.05) is 44.7 Å². The predicted molar refractivity (Wildman–Crippen MR) is 168 cm³/mol. The van der Waals surface area contributed by atoms with Crippen molar-refractivity contribution in [1.29, 1.82) is 0 Å². The Morgan fingerprint density at radius 1 is 1.15 bits per heavy atom. The van der Waals surface area contributed by atoms with E-state index < -0.39 is 0 Å². The fourth-order valence-electron chi connectivity index (χ4n) is 4.98. The highest BCUT2D eigenvalue weighted by atomic mass is 15.2. The minimum atomic E-state index is 0.713. The third-order valence-corrected chi connectivity index (χ3v) is 7.19. The first-order valence-electron chi connectivity index (χ1n) is 14.4. The van der Waals surface area contributed by atoms with Gasteiger partial charge in [-0.25, -0.2) is 9.97 Å². The summed E-state index contributed by atoms with van der Waals surface area (Å²) >= 11 is 0. The van der Waals surface area contributed by atoms with E-state index in [1.165, 1.54) is 19.3 Å². The minimum Gasteiger partial charge on any atom is -0.370 e. The van der Waals surface area contributed by atoms with Crippen molar-refractivity contribution in [2.24, 2.45) is 0 Å². The summed E-state index contributed by atoms with van der Waals surface area (Å²) in [6.07, 6.45) is 19.1. The number of aryl methyl sites for hydroxylation is 1. The Hall–Kier alpha value is -4.13. The highest BCUT2D eigenvalue weighted by molar-refractivity contribution is 5.90. The van der Waals surface area contributed by atoms with Gasteiger partial charge in [-0.2, -0.15) is 5.10 Å². The van der Waals surface area contributed by atoms with Crippen LogP contribution in [0.2, 0.25) is 0 Å². The van der Waals surface area contributed by atoms with Crippen LogP contribution in [-0.2, 0) is 0 Å². The number of pyridine rings is 1. The summed E-state index contributed by atoms with van der Waals surface area (Å²) < 4.78 is 0. The van der Waals surface area contributed by atoms with Gasteiger partial charge in [0.25, 0.3) is 0 Å². The zero-order chi connectivity index (χ0) is 28.5. The van der Waals surface area contributed by atoms with Gasteiger partial charge in [0.15, 0.2) is 11.5 Å². The lowest BCUT2D eigenvalue weighted by molar-refractivity contribution is 0.325. The average Bonchev–Trinajstić information content (AvgIpc) is 3.57. The predicted octanol–water partition coefficient (Wildman–Crippen LogP) is 7.83. The summed E-state index contributed by atoms with van der Waals surface area (Å²) in [6, 6.07) is 4.03. The number of aromatic nitrogens is 5. The SMILES string of the molecule is C=C/C(=C\C(=C/C)c1ccc2[nH]nc(-c3nc(/C(=C\C=C/C)N4CCCCC4)c(C)[nH]3)c2n1)NC(=C)CCCC. The summed E-state index contributed by atoms with van der Waals surface area (Å²) in [5.41, 5.74) is 9.21. The number of hydrogen-bond acceptors (Lipinski definition) is 5. The van der Waals surface area contributed by atoms with E-state index in [9.17, 15) is 0 Å². The number of unbranched alkanes of at least 4 members (excludes halogenated alkanes) is 1. The zero-order valence-corrected chi connectivity index (χ0v) is 24.5. The topological polar surface area (TPSA) is 85.5 Å². The molecule has 1 aliphatic heterocycles. The van der Waals surface area contributed by atoms with E-state index in [-0.39, 0.29) is 0 Å². The van der Waals surface area contributed by atoms with Crippen molar-refractivity contribution in [2.75, 3.05) is 13.1 Å². The molecule has 40 heavy (non-hydrogen) atoms. The summed E-state index contributed by atoms with van der Waals surface area (Å²) in [7, 11) is 0. The van der Waals surface area contributed by atoms with Crippen LogP contribution in [0, 0.1) is 6.92 Å². The van der Waals surface area contributed by atoms with Crippen molar-refractivity contribution in [1.82, 2.24) is 35.4 Å². The van der Waals surface area contributed by atoms with Crippen LogP contribution in [0.1, 0.15) is 76.4 Å². The van der Waals surface area contributed by atoms with Gasteiger partial charge in [-0.3, -0.25) is 5.10 Å². The van der Waals surface area contributed by atoms with E-state index in [1.807, 2.05) is 32.1 Å². The molecule has 0 atom stereocenters. The van der Waals surface area contributed by atoms with Gasteiger partial charge in [0.1, 0.15) is 11.2 Å². The molecule has 7 heteroatoms. The smallest absolute Gasteiger partial charge is 0.161 e. The molecule has 4 rings (SSSR count). The lowest BCUT2D eigenvalue weighted by Gasteiger charge is -2.30. The number of imidazole rings is 1. The highest BCUT2D eigenvalue weighted by Gasteiger charge is 2.22. The quantitative estimate of drug-likeness (QED) is 0.205. The number of rotatable bonds is 12. The Balaban J connectivity index is 1.68. The molecule has 0 saturated carbocycles. The fraction of sp³-hybridized carbons (Fsp3) is 0.364. The van der Waals surface area contributed by atoms with E-state index in [2.05, 4.69) is 82.8 Å². The minimum absolute atomic E-state index is 0.713. The molecule has 1 aliphatic rings. The summed E-state index contributed by atoms with van der Waals surface area (Å²) in [6.45, 7) is 18.6. The summed E-state index contributed by atoms with van der Waals surface area (Å²) in [5, 5.41) is 11.2. The molecule has 3 N–H and O–H groups in total. The van der Waals surface area contributed by atoms with E-state index in [1.54, 1.807) is 0 Å². The zero-order valence-electron chi connectivity index (χ0n) is 24.5. The first-order valence-corrected chi connectivity index (χ1v) is 14.4. The van der Waals surface area contributed by atoms with Gasteiger partial charge >= 0.3 is 0 Å². The van der Waals surface area contributed by atoms with Crippen molar-refractivity contribution >= 4 is 22.3 Å². The molecule has 3 aromatic rings. The van der Waals surface area contributed by atoms with Crippen LogP contribution in [0.15, 0.2) is 73.1 Å². The number of allylic oxidation sites excluding steroid dienone is 8. The Morgan fingerprint density at radius 2 is 1.95 bits per heavy atom. The second kappa shape index (κ2) is 13.8. The third kappa shape index (κ3) is 6.71. The second-order valence-electron chi connectivity index (χ2n) is 10.2. The van der Waals surface area contributed by atoms with Crippen molar-refractivity contribution < 1.29 is 0 Å². The maximum atomic E-state index is 5.06. The molecule has 0 unspecified atom stereocenters. The number of aromatic amines is 2. The van der Waals surface area contributed by atoms with Crippen LogP contribution in [0.4, 0.5) is 0 Å². The molecule has 0 radical (unpaired) electrons. The van der Waals surface area contributed by atoms with Crippen molar-refractivity contribution in [3.8, 4) is 11.5 Å². The lowest BCUT2D eigenvalue weighted by atomic mass is 10.1. The molecule has 0 amide bonds. The Bertz CT molecular complexity index is 1450. The molecule has 1 fully saturated rings. The van der Waals surface area contributed by atoms with Gasteiger partial charge in [0.2, 0.25) is 0 Å². The maximum Gasteiger partial charge on any atom is 0.161 e. The van der Waals surface area contributed by atoms with Gasteiger partial charge in [-0.05, 0) is 88.8 Å². The fourth-order valence-corrected chi connectivity index (χ4v) is 4.98. The highest BCUT2D eigenvalue weighted by Crippen LogP contribution is 2.30. The number of piperidine rings is 1. The largest absolute Gasteiger partial charge is 0.370 e.